The molecule has 0 spiro atoms. The average Bonchev–Trinajstić information content (AvgIpc) is 2.87. The summed E-state index contributed by atoms with van der Waals surface area (Å²) in [5.74, 6) is 0.130. The summed E-state index contributed by atoms with van der Waals surface area (Å²) in [4.78, 5) is 0. The maximum absolute atomic E-state index is 12.1. The Hall–Kier alpha value is -1.95. The van der Waals surface area contributed by atoms with Gasteiger partial charge in [-0.1, -0.05) is 12.1 Å². The van der Waals surface area contributed by atoms with Crippen molar-refractivity contribution in [2.75, 3.05) is 0 Å². The standard InChI is InChI=1S/C15H19F2N3O/c1-10(2)20-8-7-12(19-20)9-14(18)11-3-5-13(6-4-11)21-15(16)17/h3-8,10,14-15H,9,18H2,1-2H3. The third kappa shape index (κ3) is 4.26. The fourth-order valence-corrected chi connectivity index (χ4v) is 2.01. The van der Waals surface area contributed by atoms with Crippen LogP contribution in [0.1, 0.15) is 37.2 Å². The molecule has 0 amide bonds. The maximum Gasteiger partial charge on any atom is 0.387 e. The molecule has 0 aliphatic heterocycles. The molecular formula is C15H19F2N3O. The Morgan fingerprint density at radius 1 is 1.19 bits per heavy atom. The van der Waals surface area contributed by atoms with E-state index in [9.17, 15) is 8.78 Å². The van der Waals surface area contributed by atoms with Gasteiger partial charge in [0.05, 0.1) is 5.69 Å². The minimum absolute atomic E-state index is 0.130. The molecule has 114 valence electrons. The monoisotopic (exact) mass is 295 g/mol. The Morgan fingerprint density at radius 3 is 2.38 bits per heavy atom. The van der Waals surface area contributed by atoms with E-state index in [0.717, 1.165) is 11.3 Å². The van der Waals surface area contributed by atoms with Crippen molar-refractivity contribution in [3.63, 3.8) is 0 Å². The second-order valence-electron chi connectivity index (χ2n) is 5.14. The first-order chi connectivity index (χ1) is 9.95. The molecule has 0 aliphatic carbocycles. The van der Waals surface area contributed by atoms with Gasteiger partial charge in [-0.3, -0.25) is 4.68 Å². The van der Waals surface area contributed by atoms with Gasteiger partial charge in [-0.25, -0.2) is 0 Å². The summed E-state index contributed by atoms with van der Waals surface area (Å²) >= 11 is 0. The van der Waals surface area contributed by atoms with Crippen LogP contribution >= 0.6 is 0 Å². The number of rotatable bonds is 6. The zero-order valence-corrected chi connectivity index (χ0v) is 12.0. The molecule has 0 saturated heterocycles. The molecule has 0 saturated carbocycles. The van der Waals surface area contributed by atoms with Crippen molar-refractivity contribution < 1.29 is 13.5 Å². The summed E-state index contributed by atoms with van der Waals surface area (Å²) in [6, 6.07) is 8.39. The third-order valence-electron chi connectivity index (χ3n) is 3.16. The van der Waals surface area contributed by atoms with E-state index >= 15 is 0 Å². The van der Waals surface area contributed by atoms with E-state index in [-0.39, 0.29) is 11.8 Å². The van der Waals surface area contributed by atoms with Crippen LogP contribution in [0.4, 0.5) is 8.78 Å². The first kappa shape index (κ1) is 15.4. The van der Waals surface area contributed by atoms with E-state index in [1.165, 1.54) is 12.1 Å². The number of aromatic nitrogens is 2. The van der Waals surface area contributed by atoms with Gasteiger partial charge in [0.25, 0.3) is 0 Å². The number of alkyl halides is 2. The molecule has 0 fully saturated rings. The zero-order valence-electron chi connectivity index (χ0n) is 12.0. The number of halogens is 2. The van der Waals surface area contributed by atoms with Crippen molar-refractivity contribution in [2.45, 2.75) is 39.0 Å². The zero-order chi connectivity index (χ0) is 15.4. The number of hydrogen-bond donors (Lipinski definition) is 1. The molecule has 1 atom stereocenters. The van der Waals surface area contributed by atoms with E-state index in [1.807, 2.05) is 16.9 Å². The first-order valence-corrected chi connectivity index (χ1v) is 6.80. The van der Waals surface area contributed by atoms with Crippen LogP contribution in [0, 0.1) is 0 Å². The van der Waals surface area contributed by atoms with E-state index in [1.54, 1.807) is 12.1 Å². The minimum Gasteiger partial charge on any atom is -0.435 e. The van der Waals surface area contributed by atoms with Crippen LogP contribution in [0.3, 0.4) is 0 Å². The van der Waals surface area contributed by atoms with Gasteiger partial charge in [-0.15, -0.1) is 0 Å². The largest absolute Gasteiger partial charge is 0.435 e. The van der Waals surface area contributed by atoms with Gasteiger partial charge in [0.1, 0.15) is 5.75 Å². The highest BCUT2D eigenvalue weighted by molar-refractivity contribution is 5.29. The minimum atomic E-state index is -2.82. The highest BCUT2D eigenvalue weighted by Gasteiger charge is 2.11. The average molecular weight is 295 g/mol. The van der Waals surface area contributed by atoms with Crippen LogP contribution in [0.25, 0.3) is 0 Å². The molecule has 6 heteroatoms. The van der Waals surface area contributed by atoms with Gasteiger partial charge in [0.2, 0.25) is 0 Å². The van der Waals surface area contributed by atoms with Crippen LogP contribution in [0.2, 0.25) is 0 Å². The lowest BCUT2D eigenvalue weighted by Gasteiger charge is -2.12. The lowest BCUT2D eigenvalue weighted by Crippen LogP contribution is -2.14. The van der Waals surface area contributed by atoms with Gasteiger partial charge >= 0.3 is 6.61 Å². The van der Waals surface area contributed by atoms with E-state index in [0.29, 0.717) is 12.5 Å². The number of nitrogens with two attached hydrogens (primary N) is 1. The fraction of sp³-hybridized carbons (Fsp3) is 0.400. The molecule has 2 rings (SSSR count). The molecule has 21 heavy (non-hydrogen) atoms. The summed E-state index contributed by atoms with van der Waals surface area (Å²) in [5.41, 5.74) is 7.89. The lowest BCUT2D eigenvalue weighted by atomic mass is 10.0. The van der Waals surface area contributed by atoms with Gasteiger partial charge in [-0.2, -0.15) is 13.9 Å². The summed E-state index contributed by atoms with van der Waals surface area (Å²) in [6.07, 6.45) is 2.51. The van der Waals surface area contributed by atoms with Crippen molar-refractivity contribution in [1.82, 2.24) is 9.78 Å². The number of nitrogens with zero attached hydrogens (tertiary/aromatic N) is 2. The molecule has 1 aromatic heterocycles. The second-order valence-corrected chi connectivity index (χ2v) is 5.14. The fourth-order valence-electron chi connectivity index (χ4n) is 2.01. The highest BCUT2D eigenvalue weighted by atomic mass is 19.3. The number of ether oxygens (including phenoxy) is 1. The molecule has 2 aromatic rings. The van der Waals surface area contributed by atoms with Gasteiger partial charge in [0.15, 0.2) is 0 Å². The van der Waals surface area contributed by atoms with Gasteiger partial charge in [0, 0.05) is 24.7 Å². The predicted molar refractivity (Wildman–Crippen MR) is 76.3 cm³/mol. The van der Waals surface area contributed by atoms with Crippen LogP contribution < -0.4 is 10.5 Å². The van der Waals surface area contributed by atoms with E-state index < -0.39 is 6.61 Å². The van der Waals surface area contributed by atoms with Crippen molar-refractivity contribution in [3.8, 4) is 5.75 Å². The molecule has 2 N–H and O–H groups in total. The van der Waals surface area contributed by atoms with Crippen molar-refractivity contribution in [3.05, 3.63) is 47.8 Å². The van der Waals surface area contributed by atoms with Crippen LogP contribution in [0.5, 0.6) is 5.75 Å². The topological polar surface area (TPSA) is 53.1 Å². The number of benzene rings is 1. The molecule has 1 unspecified atom stereocenters. The smallest absolute Gasteiger partial charge is 0.387 e. The Kier molecular flexibility index (Phi) is 4.90. The Labute approximate surface area is 122 Å². The molecule has 1 heterocycles. The molecule has 0 aliphatic rings. The van der Waals surface area contributed by atoms with Crippen LogP contribution in [0.15, 0.2) is 36.5 Å². The van der Waals surface area contributed by atoms with Crippen LogP contribution in [-0.4, -0.2) is 16.4 Å². The normalized spacial score (nSPS) is 12.9. The second kappa shape index (κ2) is 6.67. The predicted octanol–water partition coefficient (Wildman–Crippen LogP) is 3.31. The summed E-state index contributed by atoms with van der Waals surface area (Å²) in [6.45, 7) is 1.29. The lowest BCUT2D eigenvalue weighted by molar-refractivity contribution is -0.0498. The first-order valence-electron chi connectivity index (χ1n) is 6.80. The molecule has 4 nitrogen and oxygen atoms in total. The Balaban J connectivity index is 2.00. The van der Waals surface area contributed by atoms with E-state index in [2.05, 4.69) is 23.7 Å². The van der Waals surface area contributed by atoms with Crippen LogP contribution in [-0.2, 0) is 6.42 Å². The van der Waals surface area contributed by atoms with Crippen molar-refractivity contribution in [1.29, 1.82) is 0 Å². The van der Waals surface area contributed by atoms with Gasteiger partial charge in [-0.05, 0) is 37.6 Å². The van der Waals surface area contributed by atoms with Gasteiger partial charge < -0.3 is 10.5 Å². The Bertz CT molecular complexity index is 567. The SMILES string of the molecule is CC(C)n1ccc(CC(N)c2ccc(OC(F)F)cc2)n1. The van der Waals surface area contributed by atoms with Crippen molar-refractivity contribution >= 4 is 0 Å². The number of hydrogen-bond acceptors (Lipinski definition) is 3. The molecule has 0 bridgehead atoms. The molecule has 0 radical (unpaired) electrons. The summed E-state index contributed by atoms with van der Waals surface area (Å²) in [5, 5.41) is 4.44. The van der Waals surface area contributed by atoms with E-state index in [4.69, 9.17) is 5.73 Å². The highest BCUT2D eigenvalue weighted by Crippen LogP contribution is 2.20. The summed E-state index contributed by atoms with van der Waals surface area (Å²) in [7, 11) is 0. The van der Waals surface area contributed by atoms with Crippen molar-refractivity contribution in [2.24, 2.45) is 5.73 Å². The molecule has 1 aromatic carbocycles. The third-order valence-corrected chi connectivity index (χ3v) is 3.16. The maximum atomic E-state index is 12.1. The quantitative estimate of drug-likeness (QED) is 0.889. The summed E-state index contributed by atoms with van der Waals surface area (Å²) < 4.78 is 30.3. The molecular weight excluding hydrogens is 276 g/mol. The Morgan fingerprint density at radius 2 is 1.86 bits per heavy atom.